The number of ether oxygens (including phenoxy) is 4. The molecule has 0 saturated heterocycles. The molecule has 1 aliphatic rings. The topological polar surface area (TPSA) is 248 Å². The summed E-state index contributed by atoms with van der Waals surface area (Å²) in [5.41, 5.74) is 7.05. The van der Waals surface area contributed by atoms with Gasteiger partial charge in [-0.25, -0.2) is 0 Å². The summed E-state index contributed by atoms with van der Waals surface area (Å²) in [7, 11) is -16.2. The van der Waals surface area contributed by atoms with Crippen LogP contribution in [0.3, 0.4) is 0 Å². The average Bonchev–Trinajstić information content (AvgIpc) is 0.761. The fourth-order valence-electron chi connectivity index (χ4n) is 18.4. The quantitative estimate of drug-likeness (QED) is 0.0206. The van der Waals surface area contributed by atoms with Crippen molar-refractivity contribution in [1.29, 1.82) is 0 Å². The molecule has 2 unspecified atom stereocenters. The maximum Gasteiger partial charge on any atom is 0.320 e. The standard InChI is InChI=1S/C106H106N2O16P4/c1-69-57-73(5)99(103(113)125(117,81-39-21-13-22-40-81)82-41-23-14-24-42-82)77(9)89(69)65-121-95(109)61-107(62-96(110)122-66-90-70(2)58-74(6)100(78(90)10)104(114)126(118,83-43-25-15-26-44-83)84-45-27-16-28-46-84)93-55-37-38-56-94(93)108(63-97(111)123-67-91-71(3)59-75(7)101(79(91)11)105(115)127(119,85-47-29-17-30-48-85)86-49-31-18-32-50-86)64-98(112)124-68-92-72(4)60-76(8)102(80(92)12)106(116)128(120,87-51-33-19-34-52-87)88-53-35-20-36-54-88/h13-36,39-54,57-60,93-94H,37-38,55-56,61-68H2,1-12H3. The van der Waals surface area contributed by atoms with Gasteiger partial charge in [-0.1, -0.05) is 280 Å². The van der Waals surface area contributed by atoms with Crippen LogP contribution in [0, 0.1) is 83.1 Å². The lowest BCUT2D eigenvalue weighted by atomic mass is 9.87. The average molecular weight is 1790 g/mol. The Morgan fingerprint density at radius 3 is 0.562 bits per heavy atom. The highest BCUT2D eigenvalue weighted by Crippen LogP contribution is 2.53. The predicted molar refractivity (Wildman–Crippen MR) is 507 cm³/mol. The van der Waals surface area contributed by atoms with Gasteiger partial charge >= 0.3 is 23.9 Å². The van der Waals surface area contributed by atoms with Crippen LogP contribution in [0.1, 0.15) is 156 Å². The first kappa shape index (κ1) is 93.7. The Morgan fingerprint density at radius 2 is 0.406 bits per heavy atom. The van der Waals surface area contributed by atoms with Crippen LogP contribution in [-0.4, -0.2) is 94.0 Å². The van der Waals surface area contributed by atoms with Gasteiger partial charge in [-0.05, 0) is 185 Å². The minimum absolute atomic E-state index is 0.206. The third-order valence-corrected chi connectivity index (χ3v) is 36.3. The second-order valence-corrected chi connectivity index (χ2v) is 43.8. The molecular weight excluding hydrogens is 1680 g/mol. The normalized spacial score (nSPS) is 13.6. The van der Waals surface area contributed by atoms with Crippen molar-refractivity contribution in [2.75, 3.05) is 26.2 Å². The van der Waals surface area contributed by atoms with E-state index in [0.717, 1.165) is 0 Å². The van der Waals surface area contributed by atoms with E-state index in [-0.39, 0.29) is 61.5 Å². The van der Waals surface area contributed by atoms with E-state index in [1.54, 1.807) is 332 Å². The molecular formula is C106H106N2O16P4. The van der Waals surface area contributed by atoms with Gasteiger partial charge in [0.2, 0.25) is 50.7 Å². The van der Waals surface area contributed by atoms with E-state index in [1.165, 1.54) is 0 Å². The lowest BCUT2D eigenvalue weighted by Crippen LogP contribution is -2.57. The number of hydrogen-bond donors (Lipinski definition) is 0. The molecule has 12 aromatic carbocycles. The summed E-state index contributed by atoms with van der Waals surface area (Å²) >= 11 is 0. The van der Waals surface area contributed by atoms with E-state index in [4.69, 9.17) is 18.9 Å². The molecule has 1 aliphatic carbocycles. The molecule has 0 spiro atoms. The van der Waals surface area contributed by atoms with Crippen molar-refractivity contribution in [2.45, 2.75) is 147 Å². The SMILES string of the molecule is Cc1cc(C)c(C(=O)P(=O)(c2ccccc2)c2ccccc2)c(C)c1COC(=O)CN(CC(=O)OCc1c(C)cc(C)c(C(=O)P(=O)(c2ccccc2)c2ccccc2)c1C)C1CCCCC1N(CC(=O)OCc1c(C)cc(C)c(C(=O)P(=O)(c2ccccc2)c2ccccc2)c1C)CC(=O)OCc1c(C)cc(C)c(C(=O)P(=O)(c2ccccc2)c2ccccc2)c1C. The van der Waals surface area contributed by atoms with Gasteiger partial charge in [0.15, 0.2) is 0 Å². The fraction of sp³-hybridized carbons (Fsp3) is 0.245. The largest absolute Gasteiger partial charge is 0.460 e. The van der Waals surface area contributed by atoms with E-state index in [0.29, 0.717) is 144 Å². The highest BCUT2D eigenvalue weighted by atomic mass is 31.2. The number of nitrogens with zero attached hydrogens (tertiary/aromatic N) is 2. The summed E-state index contributed by atoms with van der Waals surface area (Å²) in [4.78, 5) is 126. The van der Waals surface area contributed by atoms with Crippen LogP contribution >= 0.6 is 28.6 Å². The molecule has 128 heavy (non-hydrogen) atoms. The molecule has 0 N–H and O–H groups in total. The molecule has 13 rings (SSSR count). The number of aryl methyl sites for hydroxylation is 8. The molecule has 22 heteroatoms. The van der Waals surface area contributed by atoms with Crippen molar-refractivity contribution < 1.29 is 75.6 Å². The van der Waals surface area contributed by atoms with Crippen molar-refractivity contribution in [3.63, 3.8) is 0 Å². The Hall–Kier alpha value is -12.0. The molecule has 0 aromatic heterocycles. The molecule has 0 heterocycles. The van der Waals surface area contributed by atoms with E-state index in [2.05, 4.69) is 0 Å². The zero-order valence-electron chi connectivity index (χ0n) is 74.3. The van der Waals surface area contributed by atoms with Crippen LogP contribution < -0.4 is 42.4 Å². The van der Waals surface area contributed by atoms with Crippen LogP contribution in [0.5, 0.6) is 0 Å². The summed E-state index contributed by atoms with van der Waals surface area (Å²) in [5, 5.41) is 2.75. The van der Waals surface area contributed by atoms with E-state index in [1.807, 2.05) is 27.7 Å². The summed E-state index contributed by atoms with van der Waals surface area (Å²) in [6.45, 7) is 17.5. The highest BCUT2D eigenvalue weighted by molar-refractivity contribution is 7.95. The molecule has 656 valence electrons. The van der Waals surface area contributed by atoms with Crippen LogP contribution in [0.25, 0.3) is 0 Å². The molecule has 0 amide bonds. The predicted octanol–water partition coefficient (Wildman–Crippen LogP) is 18.2. The number of hydrogen-bond acceptors (Lipinski definition) is 18. The minimum atomic E-state index is -4.05. The number of carbonyl (C=O) groups excluding carboxylic acids is 8. The molecule has 1 fully saturated rings. The summed E-state index contributed by atoms with van der Waals surface area (Å²) in [6.07, 6.45) is 1.64. The van der Waals surface area contributed by atoms with Crippen molar-refractivity contribution in [3.05, 3.63) is 378 Å². The van der Waals surface area contributed by atoms with Gasteiger partial charge in [0, 0.05) is 76.8 Å². The third kappa shape index (κ3) is 19.3. The Labute approximate surface area is 749 Å². The van der Waals surface area contributed by atoms with E-state index < -0.39 is 113 Å². The Bertz CT molecular complexity index is 5490. The van der Waals surface area contributed by atoms with Crippen LogP contribution in [0.2, 0.25) is 0 Å². The number of benzene rings is 12. The van der Waals surface area contributed by atoms with Gasteiger partial charge in [0.05, 0.1) is 26.2 Å². The first-order valence-corrected chi connectivity index (χ1v) is 49.7. The van der Waals surface area contributed by atoms with Crippen molar-refractivity contribution in [3.8, 4) is 0 Å². The summed E-state index contributed by atoms with van der Waals surface area (Å²) in [6, 6.07) is 74.3. The molecule has 2 atom stereocenters. The monoisotopic (exact) mass is 1790 g/mol. The maximum absolute atomic E-state index is 15.7. The van der Waals surface area contributed by atoms with E-state index >= 15 is 56.6 Å². The third-order valence-electron chi connectivity index (χ3n) is 25.0. The number of esters is 4. The molecule has 1 saturated carbocycles. The molecule has 0 radical (unpaired) electrons. The molecule has 18 nitrogen and oxygen atoms in total. The summed E-state index contributed by atoms with van der Waals surface area (Å²) < 4.78 is 88.1. The van der Waals surface area contributed by atoms with Crippen molar-refractivity contribution in [1.82, 2.24) is 9.80 Å². The lowest BCUT2D eigenvalue weighted by molar-refractivity contribution is -0.157. The number of rotatable bonds is 34. The van der Waals surface area contributed by atoms with Crippen LogP contribution in [-0.2, 0) is 82.8 Å². The van der Waals surface area contributed by atoms with Gasteiger partial charge in [-0.15, -0.1) is 0 Å². The summed E-state index contributed by atoms with van der Waals surface area (Å²) in [5.74, 6) is -3.26. The molecule has 0 bridgehead atoms. The molecule has 0 aliphatic heterocycles. The zero-order chi connectivity index (χ0) is 91.5. The van der Waals surface area contributed by atoms with Gasteiger partial charge in [-0.3, -0.25) is 48.2 Å². The second-order valence-electron chi connectivity index (χ2n) is 33.2. The fourth-order valence-corrected chi connectivity index (χ4v) is 28.8. The van der Waals surface area contributed by atoms with Crippen LogP contribution in [0.4, 0.5) is 0 Å². The maximum atomic E-state index is 15.7. The minimum Gasteiger partial charge on any atom is -0.460 e. The van der Waals surface area contributed by atoms with Crippen LogP contribution in [0.15, 0.2) is 267 Å². The van der Waals surface area contributed by atoms with Crippen molar-refractivity contribution in [2.24, 2.45) is 0 Å². The van der Waals surface area contributed by atoms with Gasteiger partial charge in [-0.2, -0.15) is 0 Å². The Morgan fingerprint density at radius 1 is 0.250 bits per heavy atom. The second kappa shape index (κ2) is 40.6. The first-order valence-electron chi connectivity index (χ1n) is 42.9. The Balaban J connectivity index is 0.858. The Kier molecular flexibility index (Phi) is 29.7. The first-order chi connectivity index (χ1) is 61.3. The van der Waals surface area contributed by atoms with Gasteiger partial charge in [0.1, 0.15) is 26.4 Å². The highest BCUT2D eigenvalue weighted by Gasteiger charge is 2.45. The van der Waals surface area contributed by atoms with Gasteiger partial charge < -0.3 is 37.2 Å². The number of carbonyl (C=O) groups is 8. The lowest BCUT2D eigenvalue weighted by Gasteiger charge is -2.43. The van der Waals surface area contributed by atoms with Crippen molar-refractivity contribution >= 4 is 117 Å². The molecule has 12 aromatic rings. The van der Waals surface area contributed by atoms with E-state index in [9.17, 15) is 0 Å². The van der Waals surface area contributed by atoms with Gasteiger partial charge in [0.25, 0.3) is 0 Å². The zero-order valence-corrected chi connectivity index (χ0v) is 77.8. The smallest absolute Gasteiger partial charge is 0.320 e.